The molecule has 3 nitrogen and oxygen atoms in total. The van der Waals surface area contributed by atoms with E-state index in [1.165, 1.54) is 12.8 Å². The van der Waals surface area contributed by atoms with Gasteiger partial charge in [-0.15, -0.1) is 0 Å². The average Bonchev–Trinajstić information content (AvgIpc) is 2.81. The summed E-state index contributed by atoms with van der Waals surface area (Å²) in [6, 6.07) is 0.614. The molecule has 0 aromatic rings. The van der Waals surface area contributed by atoms with Crippen molar-refractivity contribution in [1.29, 1.82) is 0 Å². The van der Waals surface area contributed by atoms with Crippen LogP contribution < -0.4 is 5.32 Å². The van der Waals surface area contributed by atoms with Gasteiger partial charge in [-0.3, -0.25) is 4.21 Å². The summed E-state index contributed by atoms with van der Waals surface area (Å²) in [4.78, 5) is 0. The van der Waals surface area contributed by atoms with Crippen LogP contribution in [0.2, 0.25) is 0 Å². The van der Waals surface area contributed by atoms with Gasteiger partial charge < -0.3 is 10.4 Å². The largest absolute Gasteiger partial charge is 0.391 e. The van der Waals surface area contributed by atoms with Gasteiger partial charge in [-0.1, -0.05) is 13.8 Å². The van der Waals surface area contributed by atoms with Crippen molar-refractivity contribution in [2.75, 3.05) is 18.1 Å². The van der Waals surface area contributed by atoms with Crippen molar-refractivity contribution in [3.63, 3.8) is 0 Å². The van der Waals surface area contributed by atoms with Gasteiger partial charge in [0, 0.05) is 29.1 Å². The van der Waals surface area contributed by atoms with Crippen LogP contribution in [0.15, 0.2) is 0 Å². The summed E-state index contributed by atoms with van der Waals surface area (Å²) in [5, 5.41) is 12.8. The first kappa shape index (κ1) is 12.1. The van der Waals surface area contributed by atoms with E-state index in [1.807, 2.05) is 13.8 Å². The predicted molar refractivity (Wildman–Crippen MR) is 59.7 cm³/mol. The third-order valence-corrected chi connectivity index (χ3v) is 3.91. The molecule has 1 rings (SSSR count). The third-order valence-electron chi connectivity index (χ3n) is 2.12. The van der Waals surface area contributed by atoms with Crippen LogP contribution in [0, 0.1) is 5.92 Å². The lowest BCUT2D eigenvalue weighted by atomic mass is 10.3. The minimum atomic E-state index is -0.865. The Hall–Kier alpha value is 0.0700. The summed E-state index contributed by atoms with van der Waals surface area (Å²) in [5.41, 5.74) is 0. The van der Waals surface area contributed by atoms with Gasteiger partial charge in [0.15, 0.2) is 0 Å². The van der Waals surface area contributed by atoms with Crippen LogP contribution in [0.4, 0.5) is 0 Å². The number of aliphatic hydroxyl groups is 1. The van der Waals surface area contributed by atoms with Gasteiger partial charge in [0.1, 0.15) is 0 Å². The summed E-state index contributed by atoms with van der Waals surface area (Å²) in [6.07, 6.45) is 2.00. The van der Waals surface area contributed by atoms with E-state index in [4.69, 9.17) is 0 Å². The fraction of sp³-hybridized carbons (Fsp3) is 1.00. The Labute approximate surface area is 88.7 Å². The molecule has 84 valence electrons. The van der Waals surface area contributed by atoms with Gasteiger partial charge in [0.05, 0.1) is 11.9 Å². The molecular formula is C10H21NO2S. The van der Waals surface area contributed by atoms with Crippen molar-refractivity contribution < 1.29 is 9.32 Å². The van der Waals surface area contributed by atoms with E-state index in [2.05, 4.69) is 5.32 Å². The molecule has 1 saturated carbocycles. The second kappa shape index (κ2) is 5.83. The Morgan fingerprint density at radius 3 is 2.57 bits per heavy atom. The van der Waals surface area contributed by atoms with Crippen LogP contribution in [0.3, 0.4) is 0 Å². The molecule has 0 radical (unpaired) electrons. The molecule has 1 fully saturated rings. The molecule has 0 aromatic heterocycles. The molecular weight excluding hydrogens is 198 g/mol. The van der Waals surface area contributed by atoms with E-state index in [-0.39, 0.29) is 0 Å². The van der Waals surface area contributed by atoms with Crippen molar-refractivity contribution in [2.45, 2.75) is 38.8 Å². The van der Waals surface area contributed by atoms with E-state index in [0.29, 0.717) is 30.0 Å². The molecule has 1 aliphatic rings. The first-order chi connectivity index (χ1) is 6.58. The van der Waals surface area contributed by atoms with Gasteiger partial charge in [-0.05, 0) is 18.8 Å². The fourth-order valence-corrected chi connectivity index (χ4v) is 2.73. The molecule has 2 unspecified atom stereocenters. The Morgan fingerprint density at radius 1 is 1.43 bits per heavy atom. The smallest absolute Gasteiger partial charge is 0.0779 e. The summed E-state index contributed by atoms with van der Waals surface area (Å²) >= 11 is 0. The van der Waals surface area contributed by atoms with Gasteiger partial charge in [-0.25, -0.2) is 0 Å². The van der Waals surface area contributed by atoms with Gasteiger partial charge in [0.25, 0.3) is 0 Å². The van der Waals surface area contributed by atoms with E-state index in [9.17, 15) is 9.32 Å². The zero-order valence-corrected chi connectivity index (χ0v) is 9.85. The molecule has 0 aromatic carbocycles. The maximum atomic E-state index is 11.4. The van der Waals surface area contributed by atoms with Crippen LogP contribution in [0.1, 0.15) is 26.7 Å². The van der Waals surface area contributed by atoms with Crippen molar-refractivity contribution in [3.8, 4) is 0 Å². The number of hydrogen-bond acceptors (Lipinski definition) is 3. The molecule has 2 atom stereocenters. The predicted octanol–water partition coefficient (Wildman–Crippen LogP) is 0.504. The average molecular weight is 219 g/mol. The Balaban J connectivity index is 2.05. The zero-order chi connectivity index (χ0) is 10.6. The molecule has 0 amide bonds. The highest BCUT2D eigenvalue weighted by Gasteiger charge is 2.21. The highest BCUT2D eigenvalue weighted by Crippen LogP contribution is 2.18. The lowest BCUT2D eigenvalue weighted by Crippen LogP contribution is -2.32. The van der Waals surface area contributed by atoms with E-state index >= 15 is 0 Å². The maximum absolute atomic E-state index is 11.4. The molecule has 0 spiro atoms. The molecule has 14 heavy (non-hydrogen) atoms. The topological polar surface area (TPSA) is 49.3 Å². The third kappa shape index (κ3) is 5.73. The Kier molecular flexibility index (Phi) is 5.06. The fourth-order valence-electron chi connectivity index (χ4n) is 1.30. The number of nitrogens with one attached hydrogen (secondary N) is 1. The van der Waals surface area contributed by atoms with E-state index in [0.717, 1.165) is 0 Å². The van der Waals surface area contributed by atoms with Crippen LogP contribution in [0.5, 0.6) is 0 Å². The quantitative estimate of drug-likeness (QED) is 0.656. The summed E-state index contributed by atoms with van der Waals surface area (Å²) in [5.74, 6) is 1.55. The molecule has 2 N–H and O–H groups in total. The normalized spacial score (nSPS) is 21.1. The monoisotopic (exact) mass is 219 g/mol. The van der Waals surface area contributed by atoms with Crippen molar-refractivity contribution in [2.24, 2.45) is 5.92 Å². The van der Waals surface area contributed by atoms with Gasteiger partial charge in [0.2, 0.25) is 0 Å². The minimum absolute atomic E-state index is 0.415. The standard InChI is InChI=1S/C10H21NO2S/c1-8(2)6-14(13)7-10(12)5-11-9-3-4-9/h8-12H,3-7H2,1-2H3. The number of aliphatic hydroxyl groups excluding tert-OH is 1. The maximum Gasteiger partial charge on any atom is 0.0779 e. The number of rotatable bonds is 7. The minimum Gasteiger partial charge on any atom is -0.391 e. The first-order valence-corrected chi connectivity index (χ1v) is 6.83. The first-order valence-electron chi connectivity index (χ1n) is 5.34. The summed E-state index contributed by atoms with van der Waals surface area (Å²) in [6.45, 7) is 4.69. The summed E-state index contributed by atoms with van der Waals surface area (Å²) < 4.78 is 11.4. The molecule has 0 aliphatic heterocycles. The second-order valence-electron chi connectivity index (χ2n) is 4.50. The van der Waals surface area contributed by atoms with Crippen molar-refractivity contribution in [3.05, 3.63) is 0 Å². The highest BCUT2D eigenvalue weighted by atomic mass is 32.2. The zero-order valence-electron chi connectivity index (χ0n) is 9.03. The van der Waals surface area contributed by atoms with Gasteiger partial charge >= 0.3 is 0 Å². The highest BCUT2D eigenvalue weighted by molar-refractivity contribution is 7.85. The van der Waals surface area contributed by atoms with Gasteiger partial charge in [-0.2, -0.15) is 0 Å². The summed E-state index contributed by atoms with van der Waals surface area (Å²) in [7, 11) is -0.865. The lowest BCUT2D eigenvalue weighted by molar-refractivity contribution is 0.194. The molecule has 1 aliphatic carbocycles. The van der Waals surface area contributed by atoms with Crippen molar-refractivity contribution in [1.82, 2.24) is 5.32 Å². The molecule has 0 heterocycles. The Morgan fingerprint density at radius 2 is 2.07 bits per heavy atom. The van der Waals surface area contributed by atoms with E-state index in [1.54, 1.807) is 0 Å². The second-order valence-corrected chi connectivity index (χ2v) is 6.05. The van der Waals surface area contributed by atoms with Crippen LogP contribution >= 0.6 is 0 Å². The van der Waals surface area contributed by atoms with Crippen LogP contribution in [-0.4, -0.2) is 39.5 Å². The number of hydrogen-bond donors (Lipinski definition) is 2. The lowest BCUT2D eigenvalue weighted by Gasteiger charge is -2.11. The Bertz CT molecular complexity index is 193. The molecule has 0 bridgehead atoms. The van der Waals surface area contributed by atoms with E-state index < -0.39 is 16.9 Å². The van der Waals surface area contributed by atoms with Crippen LogP contribution in [-0.2, 0) is 10.8 Å². The molecule has 4 heteroatoms. The molecule has 0 saturated heterocycles. The van der Waals surface area contributed by atoms with Crippen molar-refractivity contribution >= 4 is 10.8 Å². The SMILES string of the molecule is CC(C)CS(=O)CC(O)CNC1CC1. The van der Waals surface area contributed by atoms with Crippen LogP contribution in [0.25, 0.3) is 0 Å².